The molecule has 0 spiro atoms. The van der Waals surface area contributed by atoms with E-state index in [1.807, 2.05) is 0 Å². The second-order valence-corrected chi connectivity index (χ2v) is 7.22. The van der Waals surface area contributed by atoms with Gasteiger partial charge in [0.1, 0.15) is 0 Å². The van der Waals surface area contributed by atoms with Crippen LogP contribution in [0, 0.1) is 0 Å². The molecule has 0 aromatic heterocycles. The van der Waals surface area contributed by atoms with Crippen molar-refractivity contribution in [3.8, 4) is 0 Å². The second-order valence-electron chi connectivity index (χ2n) is 7.22. The first-order chi connectivity index (χ1) is 8.99. The Kier molecular flexibility index (Phi) is 4.51. The molecule has 2 aliphatic carbocycles. The van der Waals surface area contributed by atoms with Gasteiger partial charge in [0.25, 0.3) is 0 Å². The minimum atomic E-state index is 0. The largest absolute Gasteiger partial charge is 0.304 e. The van der Waals surface area contributed by atoms with Crippen molar-refractivity contribution in [3.63, 3.8) is 0 Å². The van der Waals surface area contributed by atoms with E-state index in [4.69, 9.17) is 0 Å². The van der Waals surface area contributed by atoms with Gasteiger partial charge in [0.2, 0.25) is 0 Å². The fourth-order valence-corrected chi connectivity index (χ4v) is 3.74. The van der Waals surface area contributed by atoms with Gasteiger partial charge in [-0.3, -0.25) is 0 Å². The Morgan fingerprint density at radius 3 is 1.90 bits per heavy atom. The highest BCUT2D eigenvalue weighted by molar-refractivity contribution is 5.85. The van der Waals surface area contributed by atoms with Crippen LogP contribution in [0.3, 0.4) is 0 Å². The molecule has 0 unspecified atom stereocenters. The van der Waals surface area contributed by atoms with Gasteiger partial charge in [-0.15, -0.1) is 12.4 Å². The van der Waals surface area contributed by atoms with Gasteiger partial charge in [-0.2, -0.15) is 0 Å². The highest BCUT2D eigenvalue weighted by atomic mass is 35.5. The van der Waals surface area contributed by atoms with Crippen LogP contribution in [0.15, 0.2) is 6.07 Å². The fourth-order valence-electron chi connectivity index (χ4n) is 3.74. The zero-order chi connectivity index (χ0) is 13.6. The van der Waals surface area contributed by atoms with Gasteiger partial charge in [0, 0.05) is 5.54 Å². The maximum absolute atomic E-state index is 2.54. The molecule has 0 saturated carbocycles. The Hall–Kier alpha value is -0.530. The maximum atomic E-state index is 2.54. The molecule has 0 radical (unpaired) electrons. The van der Waals surface area contributed by atoms with Gasteiger partial charge in [0.15, 0.2) is 0 Å². The van der Waals surface area contributed by atoms with Gasteiger partial charge in [-0.1, -0.05) is 6.07 Å². The monoisotopic (exact) mass is 293 g/mol. The van der Waals surface area contributed by atoms with Gasteiger partial charge in [-0.25, -0.2) is 0 Å². The molecule has 1 aromatic carbocycles. The molecule has 2 heteroatoms. The average Bonchev–Trinajstić information content (AvgIpc) is 2.95. The molecular weight excluding hydrogens is 266 g/mol. The van der Waals surface area contributed by atoms with Crippen LogP contribution < -0.4 is 0 Å². The van der Waals surface area contributed by atoms with Crippen LogP contribution in [0.2, 0.25) is 0 Å². The SMILES string of the molecule is CN(C)C(C)(C)Cc1c2c(cc3c1CCC3)CCC2.Cl. The van der Waals surface area contributed by atoms with Gasteiger partial charge in [0.05, 0.1) is 0 Å². The lowest BCUT2D eigenvalue weighted by Crippen LogP contribution is -2.40. The Labute approximate surface area is 130 Å². The summed E-state index contributed by atoms with van der Waals surface area (Å²) in [4.78, 5) is 2.38. The number of rotatable bonds is 3. The van der Waals surface area contributed by atoms with E-state index in [1.54, 1.807) is 27.8 Å². The summed E-state index contributed by atoms with van der Waals surface area (Å²) in [5.41, 5.74) is 8.76. The summed E-state index contributed by atoms with van der Waals surface area (Å²) >= 11 is 0. The molecule has 0 saturated heterocycles. The number of fused-ring (bicyclic) bond motifs is 2. The summed E-state index contributed by atoms with van der Waals surface area (Å²) in [6, 6.07) is 2.54. The van der Waals surface area contributed by atoms with E-state index in [9.17, 15) is 0 Å². The third-order valence-corrected chi connectivity index (χ3v) is 5.42. The van der Waals surface area contributed by atoms with E-state index in [2.05, 4.69) is 38.9 Å². The number of hydrogen-bond acceptors (Lipinski definition) is 1. The van der Waals surface area contributed by atoms with E-state index in [0.29, 0.717) is 0 Å². The number of aryl methyl sites for hydroxylation is 2. The maximum Gasteiger partial charge on any atom is 0.0187 e. The summed E-state index contributed by atoms with van der Waals surface area (Å²) < 4.78 is 0. The zero-order valence-electron chi connectivity index (χ0n) is 13.4. The molecule has 0 N–H and O–H groups in total. The van der Waals surface area contributed by atoms with E-state index in [0.717, 1.165) is 0 Å². The Morgan fingerprint density at radius 2 is 1.45 bits per heavy atom. The lowest BCUT2D eigenvalue weighted by atomic mass is 9.85. The van der Waals surface area contributed by atoms with Crippen LogP contribution in [0.5, 0.6) is 0 Å². The topological polar surface area (TPSA) is 3.24 Å². The van der Waals surface area contributed by atoms with Crippen LogP contribution in [0.4, 0.5) is 0 Å². The minimum absolute atomic E-state index is 0. The van der Waals surface area contributed by atoms with Crippen LogP contribution in [0.25, 0.3) is 0 Å². The first kappa shape index (κ1) is 15.9. The minimum Gasteiger partial charge on any atom is -0.304 e. The van der Waals surface area contributed by atoms with Crippen molar-refractivity contribution >= 4 is 12.4 Å². The second kappa shape index (κ2) is 5.69. The van der Waals surface area contributed by atoms with E-state index >= 15 is 0 Å². The third kappa shape index (κ3) is 2.63. The highest BCUT2D eigenvalue weighted by Gasteiger charge is 2.29. The first-order valence-electron chi connectivity index (χ1n) is 7.82. The van der Waals surface area contributed by atoms with Crippen molar-refractivity contribution < 1.29 is 0 Å². The predicted molar refractivity (Wildman–Crippen MR) is 89.2 cm³/mol. The fraction of sp³-hybridized carbons (Fsp3) is 0.667. The van der Waals surface area contributed by atoms with Crippen molar-refractivity contribution in [3.05, 3.63) is 33.9 Å². The van der Waals surface area contributed by atoms with E-state index in [-0.39, 0.29) is 17.9 Å². The summed E-state index contributed by atoms with van der Waals surface area (Å²) in [6.07, 6.45) is 9.23. The van der Waals surface area contributed by atoms with Crippen molar-refractivity contribution in [1.82, 2.24) is 4.90 Å². The normalized spacial score (nSPS) is 17.1. The van der Waals surface area contributed by atoms with Gasteiger partial charge < -0.3 is 4.90 Å². The quantitative estimate of drug-likeness (QED) is 0.815. The summed E-state index contributed by atoms with van der Waals surface area (Å²) in [5.74, 6) is 0. The van der Waals surface area contributed by atoms with Crippen molar-refractivity contribution in [2.75, 3.05) is 14.1 Å². The van der Waals surface area contributed by atoms with Crippen molar-refractivity contribution in [2.24, 2.45) is 0 Å². The van der Waals surface area contributed by atoms with Crippen LogP contribution in [0.1, 0.15) is 54.5 Å². The lowest BCUT2D eigenvalue weighted by Gasteiger charge is -2.34. The molecule has 0 atom stereocenters. The smallest absolute Gasteiger partial charge is 0.0187 e. The number of nitrogens with zero attached hydrogens (tertiary/aromatic N) is 1. The third-order valence-electron chi connectivity index (χ3n) is 5.42. The Bertz CT molecular complexity index is 470. The molecule has 1 aromatic rings. The summed E-state index contributed by atoms with van der Waals surface area (Å²) in [7, 11) is 4.42. The van der Waals surface area contributed by atoms with Crippen LogP contribution >= 0.6 is 12.4 Å². The molecule has 1 nitrogen and oxygen atoms in total. The standard InChI is InChI=1S/C18H27N.ClH/c1-18(2,19(3)4)12-17-15-9-5-7-13(15)11-14-8-6-10-16(14)17;/h11H,5-10,12H2,1-4H3;1H. The molecule has 112 valence electrons. The molecule has 0 aliphatic heterocycles. The van der Waals surface area contributed by atoms with Gasteiger partial charge in [-0.05, 0) is 101 Å². The molecular formula is C18H28ClN. The molecule has 20 heavy (non-hydrogen) atoms. The molecule has 0 fully saturated rings. The molecule has 0 amide bonds. The zero-order valence-corrected chi connectivity index (χ0v) is 14.2. The summed E-state index contributed by atoms with van der Waals surface area (Å²) in [6.45, 7) is 4.76. The molecule has 2 aliphatic rings. The van der Waals surface area contributed by atoms with Gasteiger partial charge >= 0.3 is 0 Å². The highest BCUT2D eigenvalue weighted by Crippen LogP contribution is 2.37. The van der Waals surface area contributed by atoms with Crippen LogP contribution in [-0.2, 0) is 32.1 Å². The molecule has 0 bridgehead atoms. The first-order valence-corrected chi connectivity index (χ1v) is 7.82. The van der Waals surface area contributed by atoms with Crippen molar-refractivity contribution in [1.29, 1.82) is 0 Å². The van der Waals surface area contributed by atoms with Crippen molar-refractivity contribution in [2.45, 2.75) is 64.3 Å². The number of benzene rings is 1. The Morgan fingerprint density at radius 1 is 0.950 bits per heavy atom. The average molecular weight is 294 g/mol. The van der Waals surface area contributed by atoms with Crippen LogP contribution in [-0.4, -0.2) is 24.5 Å². The lowest BCUT2D eigenvalue weighted by molar-refractivity contribution is 0.194. The number of hydrogen-bond donors (Lipinski definition) is 0. The molecule has 0 heterocycles. The summed E-state index contributed by atoms with van der Waals surface area (Å²) in [5, 5.41) is 0. The number of halogens is 1. The number of likely N-dealkylation sites (N-methyl/N-ethyl adjacent to an activating group) is 1. The molecule has 3 rings (SSSR count). The Balaban J connectivity index is 0.00000147. The van der Waals surface area contributed by atoms with E-state index < -0.39 is 0 Å². The van der Waals surface area contributed by atoms with E-state index in [1.165, 1.54) is 44.9 Å². The predicted octanol–water partition coefficient (Wildman–Crippen LogP) is 3.97.